The topological polar surface area (TPSA) is 66.3 Å². The average molecular weight is 243 g/mol. The van der Waals surface area contributed by atoms with Crippen molar-refractivity contribution in [3.63, 3.8) is 0 Å². The summed E-state index contributed by atoms with van der Waals surface area (Å²) < 4.78 is 0. The molecule has 5 nitrogen and oxygen atoms in total. The van der Waals surface area contributed by atoms with Gasteiger partial charge in [-0.05, 0) is 11.6 Å². The number of hydrogen-bond acceptors (Lipinski definition) is 4. The average Bonchev–Trinajstić information content (AvgIpc) is 2.40. The second kappa shape index (κ2) is 5.27. The third-order valence-corrected chi connectivity index (χ3v) is 2.49. The molecule has 0 aliphatic rings. The Hall–Kier alpha value is -2.43. The normalized spacial score (nSPS) is 10.1. The molecular formula is C13H13N3O2. The van der Waals surface area contributed by atoms with Crippen LogP contribution < -0.4 is 4.90 Å². The Bertz CT molecular complexity index is 543. The molecule has 1 aromatic carbocycles. The van der Waals surface area contributed by atoms with Gasteiger partial charge in [0, 0.05) is 19.8 Å². The highest BCUT2D eigenvalue weighted by Gasteiger charge is 2.09. The first kappa shape index (κ1) is 12.0. The molecule has 0 aliphatic carbocycles. The molecule has 1 heterocycles. The molecule has 0 amide bonds. The van der Waals surface area contributed by atoms with Crippen LogP contribution in [0.3, 0.4) is 0 Å². The van der Waals surface area contributed by atoms with Gasteiger partial charge in [0.25, 0.3) is 0 Å². The molecule has 0 fully saturated rings. The van der Waals surface area contributed by atoms with E-state index < -0.39 is 5.97 Å². The van der Waals surface area contributed by atoms with Gasteiger partial charge in [-0.1, -0.05) is 30.3 Å². The quantitative estimate of drug-likeness (QED) is 0.887. The van der Waals surface area contributed by atoms with E-state index in [-0.39, 0.29) is 5.82 Å². The minimum Gasteiger partial charge on any atom is -0.475 e. The van der Waals surface area contributed by atoms with Crippen LogP contribution in [0.1, 0.15) is 16.2 Å². The van der Waals surface area contributed by atoms with Crippen LogP contribution in [-0.2, 0) is 6.54 Å². The molecule has 5 heteroatoms. The highest BCUT2D eigenvalue weighted by Crippen LogP contribution is 2.12. The summed E-state index contributed by atoms with van der Waals surface area (Å²) in [5.41, 5.74) is 1.13. The maximum Gasteiger partial charge on any atom is 0.374 e. The van der Waals surface area contributed by atoms with E-state index in [4.69, 9.17) is 5.11 Å². The summed E-state index contributed by atoms with van der Waals surface area (Å²) in [4.78, 5) is 20.3. The Morgan fingerprint density at radius 1 is 1.28 bits per heavy atom. The van der Waals surface area contributed by atoms with Gasteiger partial charge in [0.15, 0.2) is 0 Å². The van der Waals surface area contributed by atoms with Crippen molar-refractivity contribution in [2.75, 3.05) is 11.9 Å². The summed E-state index contributed by atoms with van der Waals surface area (Å²) in [6.45, 7) is 0.664. The zero-order valence-electron chi connectivity index (χ0n) is 9.95. The number of anilines is 1. The van der Waals surface area contributed by atoms with Crippen LogP contribution in [-0.4, -0.2) is 28.1 Å². The predicted octanol–water partition coefficient (Wildman–Crippen LogP) is 1.81. The minimum absolute atomic E-state index is 0.188. The number of carboxylic acids is 1. The molecule has 0 aliphatic heterocycles. The van der Waals surface area contributed by atoms with Gasteiger partial charge in [-0.2, -0.15) is 0 Å². The van der Waals surface area contributed by atoms with Crippen molar-refractivity contribution in [3.05, 3.63) is 54.0 Å². The Labute approximate surface area is 105 Å². The van der Waals surface area contributed by atoms with Crippen LogP contribution in [0.2, 0.25) is 0 Å². The largest absolute Gasteiger partial charge is 0.475 e. The van der Waals surface area contributed by atoms with Gasteiger partial charge in [0.2, 0.25) is 5.82 Å². The zero-order chi connectivity index (χ0) is 13.0. The van der Waals surface area contributed by atoms with E-state index in [1.165, 1.54) is 6.20 Å². The van der Waals surface area contributed by atoms with Gasteiger partial charge in [-0.15, -0.1) is 0 Å². The third-order valence-electron chi connectivity index (χ3n) is 2.49. The summed E-state index contributed by atoms with van der Waals surface area (Å²) in [6.07, 6.45) is 1.45. The Morgan fingerprint density at radius 3 is 2.67 bits per heavy atom. The molecule has 1 N–H and O–H groups in total. The number of rotatable bonds is 4. The number of benzene rings is 1. The molecule has 2 aromatic rings. The Balaban J connectivity index is 2.16. The standard InChI is InChI=1S/C13H13N3O2/c1-16(9-10-5-3-2-4-6-10)11-7-8-14-12(15-11)13(17)18/h2-8H,9H2,1H3,(H,17,18). The fraction of sp³-hybridized carbons (Fsp3) is 0.154. The molecular weight excluding hydrogens is 230 g/mol. The monoisotopic (exact) mass is 243 g/mol. The summed E-state index contributed by atoms with van der Waals surface area (Å²) in [7, 11) is 1.86. The Morgan fingerprint density at radius 2 is 2.00 bits per heavy atom. The lowest BCUT2D eigenvalue weighted by atomic mass is 10.2. The van der Waals surface area contributed by atoms with Crippen LogP contribution in [0.25, 0.3) is 0 Å². The second-order valence-corrected chi connectivity index (χ2v) is 3.89. The van der Waals surface area contributed by atoms with Gasteiger partial charge in [0.1, 0.15) is 5.82 Å². The van der Waals surface area contributed by atoms with Crippen molar-refractivity contribution in [3.8, 4) is 0 Å². The summed E-state index contributed by atoms with van der Waals surface area (Å²) in [6, 6.07) is 11.6. The molecule has 0 saturated carbocycles. The predicted molar refractivity (Wildman–Crippen MR) is 67.5 cm³/mol. The first-order valence-corrected chi connectivity index (χ1v) is 5.48. The SMILES string of the molecule is CN(Cc1ccccc1)c1ccnc(C(=O)O)n1. The fourth-order valence-electron chi connectivity index (χ4n) is 1.60. The number of carbonyl (C=O) groups is 1. The van der Waals surface area contributed by atoms with Gasteiger partial charge in [-0.3, -0.25) is 0 Å². The van der Waals surface area contributed by atoms with E-state index in [9.17, 15) is 4.79 Å². The van der Waals surface area contributed by atoms with Gasteiger partial charge >= 0.3 is 5.97 Å². The molecule has 18 heavy (non-hydrogen) atoms. The lowest BCUT2D eigenvalue weighted by Gasteiger charge is -2.18. The zero-order valence-corrected chi connectivity index (χ0v) is 9.95. The number of aromatic carboxylic acids is 1. The van der Waals surface area contributed by atoms with Crippen molar-refractivity contribution < 1.29 is 9.90 Å². The van der Waals surface area contributed by atoms with Crippen molar-refractivity contribution in [1.29, 1.82) is 0 Å². The number of carboxylic acid groups (broad SMARTS) is 1. The molecule has 2 rings (SSSR count). The van der Waals surface area contributed by atoms with Crippen LogP contribution in [0.4, 0.5) is 5.82 Å². The lowest BCUT2D eigenvalue weighted by Crippen LogP contribution is -2.19. The van der Waals surface area contributed by atoms with E-state index in [0.717, 1.165) is 5.56 Å². The highest BCUT2D eigenvalue weighted by molar-refractivity contribution is 5.83. The lowest BCUT2D eigenvalue weighted by molar-refractivity contribution is 0.0683. The first-order valence-electron chi connectivity index (χ1n) is 5.48. The van der Waals surface area contributed by atoms with Gasteiger partial charge < -0.3 is 10.0 Å². The van der Waals surface area contributed by atoms with E-state index in [1.807, 2.05) is 42.3 Å². The molecule has 0 radical (unpaired) electrons. The maximum atomic E-state index is 10.8. The summed E-state index contributed by atoms with van der Waals surface area (Å²) >= 11 is 0. The molecule has 0 unspecified atom stereocenters. The van der Waals surface area contributed by atoms with Crippen LogP contribution in [0, 0.1) is 0 Å². The van der Waals surface area contributed by atoms with E-state index >= 15 is 0 Å². The maximum absolute atomic E-state index is 10.8. The van der Waals surface area contributed by atoms with Crippen LogP contribution in [0.15, 0.2) is 42.6 Å². The van der Waals surface area contributed by atoms with Crippen LogP contribution >= 0.6 is 0 Å². The van der Waals surface area contributed by atoms with E-state index in [1.54, 1.807) is 6.07 Å². The van der Waals surface area contributed by atoms with Gasteiger partial charge in [-0.25, -0.2) is 14.8 Å². The number of nitrogens with zero attached hydrogens (tertiary/aromatic N) is 3. The smallest absolute Gasteiger partial charge is 0.374 e. The summed E-state index contributed by atoms with van der Waals surface area (Å²) in [5, 5.41) is 8.84. The van der Waals surface area contributed by atoms with Crippen LogP contribution in [0.5, 0.6) is 0 Å². The molecule has 92 valence electrons. The number of hydrogen-bond donors (Lipinski definition) is 1. The highest BCUT2D eigenvalue weighted by atomic mass is 16.4. The molecule has 1 aromatic heterocycles. The molecule has 0 atom stereocenters. The number of aromatic nitrogens is 2. The van der Waals surface area contributed by atoms with E-state index in [2.05, 4.69) is 9.97 Å². The third kappa shape index (κ3) is 2.82. The molecule has 0 bridgehead atoms. The van der Waals surface area contributed by atoms with Crippen molar-refractivity contribution in [2.45, 2.75) is 6.54 Å². The molecule has 0 spiro atoms. The van der Waals surface area contributed by atoms with Crippen molar-refractivity contribution >= 4 is 11.8 Å². The van der Waals surface area contributed by atoms with Crippen molar-refractivity contribution in [2.24, 2.45) is 0 Å². The fourth-order valence-corrected chi connectivity index (χ4v) is 1.60. The van der Waals surface area contributed by atoms with E-state index in [0.29, 0.717) is 12.4 Å². The molecule has 0 saturated heterocycles. The van der Waals surface area contributed by atoms with Crippen molar-refractivity contribution in [1.82, 2.24) is 9.97 Å². The minimum atomic E-state index is -1.12. The Kier molecular flexibility index (Phi) is 3.52. The second-order valence-electron chi connectivity index (χ2n) is 3.89. The van der Waals surface area contributed by atoms with Gasteiger partial charge in [0.05, 0.1) is 0 Å². The first-order chi connectivity index (χ1) is 8.66. The summed E-state index contributed by atoms with van der Waals surface area (Å²) in [5.74, 6) is -0.719.